The van der Waals surface area contributed by atoms with Crippen molar-refractivity contribution in [3.8, 4) is 17.6 Å². The van der Waals surface area contributed by atoms with Gasteiger partial charge in [0.1, 0.15) is 11.5 Å². The SMILES string of the molecule is COc1ccc(Cl)cc1NC(=O)C(C)Oc1ccc(C#N)cc1. The number of ether oxygens (including phenoxy) is 2. The summed E-state index contributed by atoms with van der Waals surface area (Å²) in [5.74, 6) is 0.674. The predicted molar refractivity (Wildman–Crippen MR) is 87.9 cm³/mol. The Morgan fingerprint density at radius 2 is 1.96 bits per heavy atom. The number of nitrogens with zero attached hydrogens (tertiary/aromatic N) is 1. The van der Waals surface area contributed by atoms with Gasteiger partial charge < -0.3 is 14.8 Å². The lowest BCUT2D eigenvalue weighted by Gasteiger charge is -2.16. The van der Waals surface area contributed by atoms with Gasteiger partial charge in [0.05, 0.1) is 24.4 Å². The van der Waals surface area contributed by atoms with E-state index in [0.29, 0.717) is 27.8 Å². The molecular weight excluding hydrogens is 316 g/mol. The van der Waals surface area contributed by atoms with Gasteiger partial charge in [-0.1, -0.05) is 11.6 Å². The van der Waals surface area contributed by atoms with E-state index in [4.69, 9.17) is 26.3 Å². The Labute approximate surface area is 139 Å². The molecule has 5 nitrogen and oxygen atoms in total. The largest absolute Gasteiger partial charge is 0.495 e. The summed E-state index contributed by atoms with van der Waals surface area (Å²) >= 11 is 5.93. The first-order valence-corrected chi connectivity index (χ1v) is 7.22. The van der Waals surface area contributed by atoms with Gasteiger partial charge in [0.25, 0.3) is 5.91 Å². The fraction of sp³-hybridized carbons (Fsp3) is 0.176. The average Bonchev–Trinajstić information content (AvgIpc) is 2.55. The molecule has 2 aromatic carbocycles. The summed E-state index contributed by atoms with van der Waals surface area (Å²) in [5, 5.41) is 12.0. The van der Waals surface area contributed by atoms with Crippen LogP contribution in [-0.4, -0.2) is 19.1 Å². The molecule has 0 fully saturated rings. The zero-order valence-corrected chi connectivity index (χ0v) is 13.4. The topological polar surface area (TPSA) is 71.3 Å². The van der Waals surface area contributed by atoms with Crippen LogP contribution in [0.1, 0.15) is 12.5 Å². The van der Waals surface area contributed by atoms with E-state index in [2.05, 4.69) is 5.32 Å². The average molecular weight is 331 g/mol. The van der Waals surface area contributed by atoms with E-state index in [1.165, 1.54) is 7.11 Å². The monoisotopic (exact) mass is 330 g/mol. The molecule has 0 aliphatic rings. The van der Waals surface area contributed by atoms with Crippen molar-refractivity contribution in [1.29, 1.82) is 5.26 Å². The molecule has 0 aliphatic heterocycles. The van der Waals surface area contributed by atoms with Crippen LogP contribution in [0.5, 0.6) is 11.5 Å². The van der Waals surface area contributed by atoms with Crippen molar-refractivity contribution < 1.29 is 14.3 Å². The Bertz CT molecular complexity index is 738. The quantitative estimate of drug-likeness (QED) is 0.908. The molecule has 2 aromatic rings. The lowest BCUT2D eigenvalue weighted by atomic mass is 10.2. The molecule has 1 N–H and O–H groups in total. The molecule has 0 heterocycles. The Morgan fingerprint density at radius 1 is 1.26 bits per heavy atom. The summed E-state index contributed by atoms with van der Waals surface area (Å²) < 4.78 is 10.7. The number of nitriles is 1. The molecule has 0 radical (unpaired) electrons. The molecule has 0 spiro atoms. The number of rotatable bonds is 5. The predicted octanol–water partition coefficient (Wildman–Crippen LogP) is 3.63. The second-order valence-corrected chi connectivity index (χ2v) is 5.17. The zero-order chi connectivity index (χ0) is 16.8. The number of nitrogens with one attached hydrogen (secondary N) is 1. The molecule has 2 rings (SSSR count). The third-order valence-electron chi connectivity index (χ3n) is 3.08. The van der Waals surface area contributed by atoms with Gasteiger partial charge in [-0.05, 0) is 49.4 Å². The highest BCUT2D eigenvalue weighted by atomic mass is 35.5. The van der Waals surface area contributed by atoms with Crippen molar-refractivity contribution in [3.05, 3.63) is 53.1 Å². The van der Waals surface area contributed by atoms with Gasteiger partial charge in [0.15, 0.2) is 6.10 Å². The Morgan fingerprint density at radius 3 is 2.57 bits per heavy atom. The Hall–Kier alpha value is -2.71. The van der Waals surface area contributed by atoms with E-state index in [-0.39, 0.29) is 5.91 Å². The van der Waals surface area contributed by atoms with Crippen LogP contribution in [0, 0.1) is 11.3 Å². The highest BCUT2D eigenvalue weighted by Crippen LogP contribution is 2.28. The standard InChI is InChI=1S/C17H15ClN2O3/c1-11(23-14-6-3-12(10-19)4-7-14)17(21)20-15-9-13(18)5-8-16(15)22-2/h3-9,11H,1-2H3,(H,20,21). The minimum Gasteiger partial charge on any atom is -0.495 e. The minimum absolute atomic E-state index is 0.338. The third kappa shape index (κ3) is 4.38. The fourth-order valence-corrected chi connectivity index (χ4v) is 2.05. The molecule has 0 bridgehead atoms. The molecule has 23 heavy (non-hydrogen) atoms. The molecule has 6 heteroatoms. The van der Waals surface area contributed by atoms with Crippen LogP contribution < -0.4 is 14.8 Å². The van der Waals surface area contributed by atoms with E-state index in [1.807, 2.05) is 6.07 Å². The highest BCUT2D eigenvalue weighted by Gasteiger charge is 2.17. The van der Waals surface area contributed by atoms with Gasteiger partial charge in [-0.2, -0.15) is 5.26 Å². The Kier molecular flexibility index (Phi) is 5.45. The van der Waals surface area contributed by atoms with Gasteiger partial charge >= 0.3 is 0 Å². The first-order valence-electron chi connectivity index (χ1n) is 6.84. The summed E-state index contributed by atoms with van der Waals surface area (Å²) in [5.41, 5.74) is 0.999. The lowest BCUT2D eigenvalue weighted by molar-refractivity contribution is -0.122. The fourth-order valence-electron chi connectivity index (χ4n) is 1.88. The molecule has 1 amide bonds. The first-order chi connectivity index (χ1) is 11.0. The molecule has 1 unspecified atom stereocenters. The van der Waals surface area contributed by atoms with Crippen molar-refractivity contribution in [3.63, 3.8) is 0 Å². The number of anilines is 1. The van der Waals surface area contributed by atoms with Crippen molar-refractivity contribution in [2.24, 2.45) is 0 Å². The minimum atomic E-state index is -0.730. The van der Waals surface area contributed by atoms with E-state index in [9.17, 15) is 4.79 Å². The number of carbonyl (C=O) groups is 1. The molecular formula is C17H15ClN2O3. The number of hydrogen-bond acceptors (Lipinski definition) is 4. The maximum atomic E-state index is 12.2. The van der Waals surface area contributed by atoms with Crippen LogP contribution in [0.2, 0.25) is 5.02 Å². The molecule has 1 atom stereocenters. The van der Waals surface area contributed by atoms with E-state index in [1.54, 1.807) is 49.4 Å². The van der Waals surface area contributed by atoms with Gasteiger partial charge in [0.2, 0.25) is 0 Å². The van der Waals surface area contributed by atoms with Gasteiger partial charge in [0, 0.05) is 5.02 Å². The third-order valence-corrected chi connectivity index (χ3v) is 3.32. The smallest absolute Gasteiger partial charge is 0.265 e. The van der Waals surface area contributed by atoms with Gasteiger partial charge in [-0.15, -0.1) is 0 Å². The summed E-state index contributed by atoms with van der Waals surface area (Å²) in [4.78, 5) is 12.2. The van der Waals surface area contributed by atoms with Crippen LogP contribution in [0.4, 0.5) is 5.69 Å². The van der Waals surface area contributed by atoms with Crippen molar-refractivity contribution in [2.45, 2.75) is 13.0 Å². The number of methoxy groups -OCH3 is 1. The van der Waals surface area contributed by atoms with Crippen LogP contribution >= 0.6 is 11.6 Å². The van der Waals surface area contributed by atoms with Crippen molar-refractivity contribution >= 4 is 23.2 Å². The van der Waals surface area contributed by atoms with E-state index < -0.39 is 6.10 Å². The maximum absolute atomic E-state index is 12.2. The van der Waals surface area contributed by atoms with E-state index >= 15 is 0 Å². The Balaban J connectivity index is 2.05. The molecule has 118 valence electrons. The number of hydrogen-bond donors (Lipinski definition) is 1. The number of carbonyl (C=O) groups excluding carboxylic acids is 1. The number of halogens is 1. The van der Waals surface area contributed by atoms with Crippen molar-refractivity contribution in [2.75, 3.05) is 12.4 Å². The zero-order valence-electron chi connectivity index (χ0n) is 12.7. The molecule has 0 saturated carbocycles. The van der Waals surface area contributed by atoms with Gasteiger partial charge in [-0.25, -0.2) is 0 Å². The van der Waals surface area contributed by atoms with Gasteiger partial charge in [-0.3, -0.25) is 4.79 Å². The molecule has 0 aliphatic carbocycles. The summed E-state index contributed by atoms with van der Waals surface area (Å²) in [6.45, 7) is 1.63. The normalized spacial score (nSPS) is 11.2. The van der Waals surface area contributed by atoms with E-state index in [0.717, 1.165) is 0 Å². The number of benzene rings is 2. The molecule has 0 aromatic heterocycles. The summed E-state index contributed by atoms with van der Waals surface area (Å²) in [6, 6.07) is 13.5. The number of amides is 1. The highest BCUT2D eigenvalue weighted by molar-refractivity contribution is 6.31. The van der Waals surface area contributed by atoms with Crippen molar-refractivity contribution in [1.82, 2.24) is 0 Å². The molecule has 0 saturated heterocycles. The second kappa shape index (κ2) is 7.52. The maximum Gasteiger partial charge on any atom is 0.265 e. The van der Waals surface area contributed by atoms with Crippen LogP contribution in [-0.2, 0) is 4.79 Å². The summed E-state index contributed by atoms with van der Waals surface area (Å²) in [7, 11) is 1.51. The summed E-state index contributed by atoms with van der Waals surface area (Å²) in [6.07, 6.45) is -0.730. The lowest BCUT2D eigenvalue weighted by Crippen LogP contribution is -2.30. The van der Waals surface area contributed by atoms with Crippen LogP contribution in [0.3, 0.4) is 0 Å². The van der Waals surface area contributed by atoms with Crippen LogP contribution in [0.15, 0.2) is 42.5 Å². The second-order valence-electron chi connectivity index (χ2n) is 4.73. The first kappa shape index (κ1) is 16.7. The van der Waals surface area contributed by atoms with Crippen LogP contribution in [0.25, 0.3) is 0 Å².